The lowest BCUT2D eigenvalue weighted by Crippen LogP contribution is -2.22. The Bertz CT molecular complexity index is 608. The molecular formula is C17H18F3NO. The van der Waals surface area contributed by atoms with Crippen molar-refractivity contribution in [3.8, 4) is 5.75 Å². The predicted molar refractivity (Wildman–Crippen MR) is 81.2 cm³/mol. The molecule has 0 amide bonds. The molecular weight excluding hydrogens is 291 g/mol. The maximum Gasteiger partial charge on any atom is 0.416 e. The zero-order valence-corrected chi connectivity index (χ0v) is 12.5. The van der Waals surface area contributed by atoms with Crippen LogP contribution < -0.4 is 9.64 Å². The van der Waals surface area contributed by atoms with E-state index in [4.69, 9.17) is 4.74 Å². The first-order chi connectivity index (χ1) is 10.4. The fourth-order valence-electron chi connectivity index (χ4n) is 2.25. The number of benzene rings is 2. The lowest BCUT2D eigenvalue weighted by molar-refractivity contribution is -0.137. The van der Waals surface area contributed by atoms with Crippen molar-refractivity contribution in [2.24, 2.45) is 0 Å². The van der Waals surface area contributed by atoms with Gasteiger partial charge in [0, 0.05) is 18.8 Å². The number of nitrogens with zero attached hydrogens (tertiary/aromatic N) is 1. The topological polar surface area (TPSA) is 12.5 Å². The number of methoxy groups -OCH3 is 1. The molecule has 0 N–H and O–H groups in total. The van der Waals surface area contributed by atoms with Crippen LogP contribution >= 0.6 is 0 Å². The van der Waals surface area contributed by atoms with E-state index in [2.05, 4.69) is 0 Å². The van der Waals surface area contributed by atoms with E-state index in [1.807, 2.05) is 36.1 Å². The van der Waals surface area contributed by atoms with Crippen LogP contribution in [0.15, 0.2) is 48.5 Å². The van der Waals surface area contributed by atoms with Gasteiger partial charge in [0.15, 0.2) is 0 Å². The van der Waals surface area contributed by atoms with E-state index in [1.54, 1.807) is 13.2 Å². The monoisotopic (exact) mass is 309 g/mol. The van der Waals surface area contributed by atoms with Gasteiger partial charge in [-0.15, -0.1) is 0 Å². The molecule has 2 rings (SSSR count). The highest BCUT2D eigenvalue weighted by Gasteiger charge is 2.30. The fraction of sp³-hybridized carbons (Fsp3) is 0.294. The van der Waals surface area contributed by atoms with Gasteiger partial charge in [-0.05, 0) is 48.9 Å². The maximum atomic E-state index is 12.8. The second-order valence-corrected chi connectivity index (χ2v) is 4.91. The second kappa shape index (κ2) is 6.73. The smallest absolute Gasteiger partial charge is 0.416 e. The van der Waals surface area contributed by atoms with Gasteiger partial charge in [-0.3, -0.25) is 0 Å². The molecule has 22 heavy (non-hydrogen) atoms. The van der Waals surface area contributed by atoms with Crippen LogP contribution in [0.2, 0.25) is 0 Å². The van der Waals surface area contributed by atoms with Crippen LogP contribution in [-0.4, -0.2) is 13.7 Å². The SMILES string of the molecule is CCN(Cc1cccc(C(F)(F)F)c1)c1ccc(OC)cc1. The van der Waals surface area contributed by atoms with Crippen molar-refractivity contribution < 1.29 is 17.9 Å². The van der Waals surface area contributed by atoms with Crippen molar-refractivity contribution in [1.29, 1.82) is 0 Å². The number of rotatable bonds is 5. The van der Waals surface area contributed by atoms with Crippen molar-refractivity contribution in [3.63, 3.8) is 0 Å². The molecule has 0 fully saturated rings. The Morgan fingerprint density at radius 1 is 1.05 bits per heavy atom. The quantitative estimate of drug-likeness (QED) is 0.791. The van der Waals surface area contributed by atoms with Crippen molar-refractivity contribution in [3.05, 3.63) is 59.7 Å². The molecule has 0 saturated carbocycles. The summed E-state index contributed by atoms with van der Waals surface area (Å²) in [4.78, 5) is 2.01. The normalized spacial score (nSPS) is 11.3. The molecule has 118 valence electrons. The third-order valence-electron chi connectivity index (χ3n) is 3.45. The second-order valence-electron chi connectivity index (χ2n) is 4.91. The molecule has 0 aromatic heterocycles. The van der Waals surface area contributed by atoms with Crippen LogP contribution in [0.3, 0.4) is 0 Å². The molecule has 0 atom stereocenters. The van der Waals surface area contributed by atoms with Gasteiger partial charge in [0.1, 0.15) is 5.75 Å². The van der Waals surface area contributed by atoms with Gasteiger partial charge >= 0.3 is 6.18 Å². The third kappa shape index (κ3) is 3.93. The van der Waals surface area contributed by atoms with Gasteiger partial charge in [0.2, 0.25) is 0 Å². The first-order valence-electron chi connectivity index (χ1n) is 6.99. The summed E-state index contributed by atoms with van der Waals surface area (Å²) in [7, 11) is 1.59. The summed E-state index contributed by atoms with van der Waals surface area (Å²) in [6.45, 7) is 3.09. The molecule has 2 aromatic rings. The summed E-state index contributed by atoms with van der Waals surface area (Å²) in [5.41, 5.74) is 0.962. The van der Waals surface area contributed by atoms with E-state index < -0.39 is 11.7 Å². The summed E-state index contributed by atoms with van der Waals surface area (Å²) in [5, 5.41) is 0. The number of hydrogen-bond acceptors (Lipinski definition) is 2. The number of ether oxygens (including phenoxy) is 1. The minimum atomic E-state index is -4.31. The lowest BCUT2D eigenvalue weighted by atomic mass is 10.1. The highest BCUT2D eigenvalue weighted by molar-refractivity contribution is 5.49. The fourth-order valence-corrected chi connectivity index (χ4v) is 2.25. The Morgan fingerprint density at radius 3 is 2.27 bits per heavy atom. The Labute approximate surface area is 128 Å². The van der Waals surface area contributed by atoms with Gasteiger partial charge in [0.05, 0.1) is 12.7 Å². The summed E-state index contributed by atoms with van der Waals surface area (Å²) >= 11 is 0. The zero-order valence-electron chi connectivity index (χ0n) is 12.5. The number of hydrogen-bond donors (Lipinski definition) is 0. The van der Waals surface area contributed by atoms with Crippen molar-refractivity contribution in [2.75, 3.05) is 18.6 Å². The predicted octanol–water partition coefficient (Wildman–Crippen LogP) is 4.74. The molecule has 0 heterocycles. The van der Waals surface area contributed by atoms with E-state index in [9.17, 15) is 13.2 Å². The van der Waals surface area contributed by atoms with E-state index >= 15 is 0 Å². The Kier molecular flexibility index (Phi) is 4.96. The Morgan fingerprint density at radius 2 is 1.73 bits per heavy atom. The largest absolute Gasteiger partial charge is 0.497 e. The summed E-state index contributed by atoms with van der Waals surface area (Å²) in [5.74, 6) is 0.749. The molecule has 0 spiro atoms. The molecule has 0 unspecified atom stereocenters. The van der Waals surface area contributed by atoms with Crippen LogP contribution in [0.25, 0.3) is 0 Å². The van der Waals surface area contributed by atoms with Crippen molar-refractivity contribution in [1.82, 2.24) is 0 Å². The molecule has 0 aliphatic carbocycles. The summed E-state index contributed by atoms with van der Waals surface area (Å²) in [6.07, 6.45) is -4.31. The van der Waals surface area contributed by atoms with Gasteiger partial charge in [-0.1, -0.05) is 12.1 Å². The molecule has 2 aromatic carbocycles. The molecule has 5 heteroatoms. The average Bonchev–Trinajstić information content (AvgIpc) is 2.52. The first kappa shape index (κ1) is 16.2. The minimum absolute atomic E-state index is 0.423. The average molecular weight is 309 g/mol. The number of halogens is 3. The van der Waals surface area contributed by atoms with Crippen LogP contribution in [-0.2, 0) is 12.7 Å². The molecule has 0 aliphatic heterocycles. The number of anilines is 1. The molecule has 2 nitrogen and oxygen atoms in total. The van der Waals surface area contributed by atoms with E-state index in [0.717, 1.165) is 17.5 Å². The standard InChI is InChI=1S/C17H18F3NO/c1-3-21(15-7-9-16(22-2)10-8-15)12-13-5-4-6-14(11-13)17(18,19)20/h4-11H,3,12H2,1-2H3. The maximum absolute atomic E-state index is 12.8. The summed E-state index contributed by atoms with van der Waals surface area (Å²) in [6, 6.07) is 12.9. The lowest BCUT2D eigenvalue weighted by Gasteiger charge is -2.24. The Balaban J connectivity index is 2.19. The molecule has 0 radical (unpaired) electrons. The third-order valence-corrected chi connectivity index (χ3v) is 3.45. The highest BCUT2D eigenvalue weighted by atomic mass is 19.4. The highest BCUT2D eigenvalue weighted by Crippen LogP contribution is 2.30. The zero-order chi connectivity index (χ0) is 16.2. The molecule has 0 saturated heterocycles. The number of alkyl halides is 3. The summed E-state index contributed by atoms with van der Waals surface area (Å²) < 4.78 is 43.4. The first-order valence-corrected chi connectivity index (χ1v) is 6.99. The van der Waals surface area contributed by atoms with Gasteiger partial charge < -0.3 is 9.64 Å². The van der Waals surface area contributed by atoms with Gasteiger partial charge in [0.25, 0.3) is 0 Å². The molecule has 0 bridgehead atoms. The van der Waals surface area contributed by atoms with Crippen molar-refractivity contribution >= 4 is 5.69 Å². The van der Waals surface area contributed by atoms with Crippen LogP contribution in [0.4, 0.5) is 18.9 Å². The van der Waals surface area contributed by atoms with E-state index in [1.165, 1.54) is 12.1 Å². The van der Waals surface area contributed by atoms with Crippen LogP contribution in [0.1, 0.15) is 18.1 Å². The van der Waals surface area contributed by atoms with Crippen LogP contribution in [0, 0.1) is 0 Å². The van der Waals surface area contributed by atoms with E-state index in [0.29, 0.717) is 18.7 Å². The van der Waals surface area contributed by atoms with E-state index in [-0.39, 0.29) is 0 Å². The Hall–Kier alpha value is -2.17. The van der Waals surface area contributed by atoms with Gasteiger partial charge in [-0.25, -0.2) is 0 Å². The van der Waals surface area contributed by atoms with Crippen LogP contribution in [0.5, 0.6) is 5.75 Å². The minimum Gasteiger partial charge on any atom is -0.497 e. The van der Waals surface area contributed by atoms with Gasteiger partial charge in [-0.2, -0.15) is 13.2 Å². The molecule has 0 aliphatic rings. The van der Waals surface area contributed by atoms with Crippen molar-refractivity contribution in [2.45, 2.75) is 19.6 Å².